The normalized spacial score (nSPS) is 9.83. The van der Waals surface area contributed by atoms with Crippen molar-refractivity contribution in [1.29, 1.82) is 0 Å². The molecule has 2 nitrogen and oxygen atoms in total. The molecule has 1 aromatic carbocycles. The highest BCUT2D eigenvalue weighted by atomic mass is 32.1. The Morgan fingerprint density at radius 1 is 1.33 bits per heavy atom. The molecule has 1 rings (SSSR count). The third-order valence-electron chi connectivity index (χ3n) is 1.46. The molecule has 0 heterocycles. The van der Waals surface area contributed by atoms with Crippen molar-refractivity contribution in [2.75, 3.05) is 20.2 Å². The van der Waals surface area contributed by atoms with Crippen LogP contribution in [-0.2, 0) is 0 Å². The predicted octanol–water partition coefficient (Wildman–Crippen LogP) is 1.57. The monoisotopic (exact) mass is 183 g/mol. The summed E-state index contributed by atoms with van der Waals surface area (Å²) in [5.41, 5.74) is 0. The van der Waals surface area contributed by atoms with Gasteiger partial charge in [0.2, 0.25) is 0 Å². The Balaban J connectivity index is 2.37. The largest absolute Gasteiger partial charge is 0.492 e. The maximum atomic E-state index is 5.40. The second-order valence-electron chi connectivity index (χ2n) is 2.45. The second kappa shape index (κ2) is 5.06. The highest BCUT2D eigenvalue weighted by molar-refractivity contribution is 7.80. The fraction of sp³-hybridized carbons (Fsp3) is 0.333. The zero-order chi connectivity index (χ0) is 8.81. The van der Waals surface area contributed by atoms with Crippen LogP contribution in [0.5, 0.6) is 5.75 Å². The standard InChI is InChI=1S/C9H13NOS/c1-10-6-7-11-8-2-4-9(12)5-3-8/h2-5,10,12H,6-7H2,1H3. The van der Waals surface area contributed by atoms with E-state index in [2.05, 4.69) is 17.9 Å². The first kappa shape index (κ1) is 9.42. The Kier molecular flexibility index (Phi) is 3.97. The van der Waals surface area contributed by atoms with E-state index in [0.717, 1.165) is 17.2 Å². The van der Waals surface area contributed by atoms with Crippen LogP contribution in [0.3, 0.4) is 0 Å². The van der Waals surface area contributed by atoms with Crippen molar-refractivity contribution in [3.8, 4) is 5.75 Å². The molecule has 1 aromatic rings. The summed E-state index contributed by atoms with van der Waals surface area (Å²) in [4.78, 5) is 0.955. The van der Waals surface area contributed by atoms with Gasteiger partial charge < -0.3 is 10.1 Å². The van der Waals surface area contributed by atoms with Crippen molar-refractivity contribution < 1.29 is 4.74 Å². The molecule has 0 amide bonds. The van der Waals surface area contributed by atoms with Gasteiger partial charge in [0, 0.05) is 11.4 Å². The number of nitrogens with one attached hydrogen (secondary N) is 1. The summed E-state index contributed by atoms with van der Waals surface area (Å²) >= 11 is 4.17. The van der Waals surface area contributed by atoms with Crippen molar-refractivity contribution >= 4 is 12.6 Å². The third kappa shape index (κ3) is 3.15. The molecule has 0 aromatic heterocycles. The SMILES string of the molecule is CNCCOc1ccc(S)cc1. The Morgan fingerprint density at radius 3 is 2.58 bits per heavy atom. The van der Waals surface area contributed by atoms with E-state index < -0.39 is 0 Å². The summed E-state index contributed by atoms with van der Waals surface area (Å²) in [6.45, 7) is 1.56. The van der Waals surface area contributed by atoms with E-state index in [1.165, 1.54) is 0 Å². The molecule has 0 unspecified atom stereocenters. The maximum Gasteiger partial charge on any atom is 0.119 e. The van der Waals surface area contributed by atoms with E-state index in [4.69, 9.17) is 4.74 Å². The molecule has 0 aliphatic carbocycles. The number of ether oxygens (including phenoxy) is 1. The van der Waals surface area contributed by atoms with E-state index in [-0.39, 0.29) is 0 Å². The Morgan fingerprint density at radius 2 is 2.00 bits per heavy atom. The maximum absolute atomic E-state index is 5.40. The number of thiol groups is 1. The van der Waals surface area contributed by atoms with E-state index in [0.29, 0.717) is 6.61 Å². The first-order valence-corrected chi connectivity index (χ1v) is 4.34. The fourth-order valence-corrected chi connectivity index (χ4v) is 0.962. The van der Waals surface area contributed by atoms with Gasteiger partial charge in [-0.15, -0.1) is 12.6 Å². The predicted molar refractivity (Wildman–Crippen MR) is 53.1 cm³/mol. The number of likely N-dealkylation sites (N-methyl/N-ethyl adjacent to an activating group) is 1. The number of rotatable bonds is 4. The molecule has 0 saturated heterocycles. The Labute approximate surface area is 78.3 Å². The zero-order valence-electron chi connectivity index (χ0n) is 7.08. The van der Waals surface area contributed by atoms with Crippen LogP contribution in [0.2, 0.25) is 0 Å². The van der Waals surface area contributed by atoms with Gasteiger partial charge in [-0.2, -0.15) is 0 Å². The minimum Gasteiger partial charge on any atom is -0.492 e. The quantitative estimate of drug-likeness (QED) is 0.546. The number of benzene rings is 1. The molecule has 0 saturated carbocycles. The van der Waals surface area contributed by atoms with Crippen LogP contribution in [0.15, 0.2) is 29.2 Å². The second-order valence-corrected chi connectivity index (χ2v) is 2.96. The van der Waals surface area contributed by atoms with Crippen LogP contribution in [0.1, 0.15) is 0 Å². The van der Waals surface area contributed by atoms with Gasteiger partial charge in [-0.25, -0.2) is 0 Å². The van der Waals surface area contributed by atoms with Gasteiger partial charge in [0.25, 0.3) is 0 Å². The average molecular weight is 183 g/mol. The summed E-state index contributed by atoms with van der Waals surface area (Å²) in [5.74, 6) is 0.892. The Hall–Kier alpha value is -0.670. The molecule has 0 fully saturated rings. The highest BCUT2D eigenvalue weighted by Gasteiger charge is 1.91. The van der Waals surface area contributed by atoms with E-state index in [1.54, 1.807) is 0 Å². The Bertz CT molecular complexity index is 222. The zero-order valence-corrected chi connectivity index (χ0v) is 7.97. The number of hydrogen-bond donors (Lipinski definition) is 2. The first-order valence-electron chi connectivity index (χ1n) is 3.89. The summed E-state index contributed by atoms with van der Waals surface area (Å²) in [5, 5.41) is 3.01. The van der Waals surface area contributed by atoms with Gasteiger partial charge in [-0.1, -0.05) is 0 Å². The van der Waals surface area contributed by atoms with Gasteiger partial charge >= 0.3 is 0 Å². The van der Waals surface area contributed by atoms with Crippen LogP contribution in [-0.4, -0.2) is 20.2 Å². The van der Waals surface area contributed by atoms with Crippen LogP contribution in [0.4, 0.5) is 0 Å². The summed E-state index contributed by atoms with van der Waals surface area (Å²) in [6.07, 6.45) is 0. The highest BCUT2D eigenvalue weighted by Crippen LogP contribution is 2.13. The molecule has 0 aliphatic rings. The molecule has 0 atom stereocenters. The van der Waals surface area contributed by atoms with Crippen molar-refractivity contribution in [2.24, 2.45) is 0 Å². The number of hydrogen-bond acceptors (Lipinski definition) is 3. The third-order valence-corrected chi connectivity index (χ3v) is 1.76. The minimum absolute atomic E-state index is 0.697. The molecular formula is C9H13NOS. The lowest BCUT2D eigenvalue weighted by molar-refractivity contribution is 0.318. The van der Waals surface area contributed by atoms with Crippen molar-refractivity contribution in [3.63, 3.8) is 0 Å². The van der Waals surface area contributed by atoms with Gasteiger partial charge in [0.1, 0.15) is 12.4 Å². The lowest BCUT2D eigenvalue weighted by Crippen LogP contribution is -2.15. The average Bonchev–Trinajstić information content (AvgIpc) is 2.09. The molecule has 12 heavy (non-hydrogen) atoms. The van der Waals surface area contributed by atoms with E-state index >= 15 is 0 Å². The lowest BCUT2D eigenvalue weighted by Gasteiger charge is -2.04. The molecule has 0 bridgehead atoms. The van der Waals surface area contributed by atoms with Crippen molar-refractivity contribution in [1.82, 2.24) is 5.32 Å². The summed E-state index contributed by atoms with van der Waals surface area (Å²) in [7, 11) is 1.90. The van der Waals surface area contributed by atoms with E-state index in [1.807, 2.05) is 31.3 Å². The fourth-order valence-electron chi connectivity index (χ4n) is 0.813. The van der Waals surface area contributed by atoms with Crippen LogP contribution >= 0.6 is 12.6 Å². The van der Waals surface area contributed by atoms with Crippen LogP contribution in [0.25, 0.3) is 0 Å². The van der Waals surface area contributed by atoms with Crippen LogP contribution < -0.4 is 10.1 Å². The lowest BCUT2D eigenvalue weighted by atomic mass is 10.3. The minimum atomic E-state index is 0.697. The molecule has 1 N–H and O–H groups in total. The topological polar surface area (TPSA) is 21.3 Å². The molecule has 0 spiro atoms. The molecule has 0 aliphatic heterocycles. The molecule has 0 radical (unpaired) electrons. The van der Waals surface area contributed by atoms with Gasteiger partial charge in [-0.3, -0.25) is 0 Å². The smallest absolute Gasteiger partial charge is 0.119 e. The van der Waals surface area contributed by atoms with Crippen molar-refractivity contribution in [2.45, 2.75) is 4.90 Å². The molecular weight excluding hydrogens is 170 g/mol. The van der Waals surface area contributed by atoms with Gasteiger partial charge in [0.15, 0.2) is 0 Å². The van der Waals surface area contributed by atoms with E-state index in [9.17, 15) is 0 Å². The first-order chi connectivity index (χ1) is 5.83. The molecule has 66 valence electrons. The molecule has 3 heteroatoms. The van der Waals surface area contributed by atoms with Gasteiger partial charge in [0.05, 0.1) is 0 Å². The summed E-state index contributed by atoms with van der Waals surface area (Å²) in [6, 6.07) is 7.66. The van der Waals surface area contributed by atoms with Crippen molar-refractivity contribution in [3.05, 3.63) is 24.3 Å². The summed E-state index contributed by atoms with van der Waals surface area (Å²) < 4.78 is 5.40. The van der Waals surface area contributed by atoms with Crippen LogP contribution in [0, 0.1) is 0 Å². The van der Waals surface area contributed by atoms with Gasteiger partial charge in [-0.05, 0) is 31.3 Å².